The molecule has 0 aliphatic rings. The van der Waals surface area contributed by atoms with Crippen molar-refractivity contribution >= 4 is 32.3 Å². The van der Waals surface area contributed by atoms with E-state index in [0.717, 1.165) is 0 Å². The molecule has 0 aliphatic heterocycles. The van der Waals surface area contributed by atoms with E-state index < -0.39 is 0 Å². The molecule has 11 rings (SSSR count). The molecule has 0 amide bonds. The van der Waals surface area contributed by atoms with Crippen LogP contribution in [0.5, 0.6) is 0 Å². The van der Waals surface area contributed by atoms with Gasteiger partial charge in [0.25, 0.3) is 0 Å². The molecule has 0 atom stereocenters. The van der Waals surface area contributed by atoms with Gasteiger partial charge in [-0.25, -0.2) is 0 Å². The Bertz CT molecular complexity index is 3280. The van der Waals surface area contributed by atoms with E-state index in [1.54, 1.807) is 0 Å². The van der Waals surface area contributed by atoms with E-state index >= 15 is 0 Å². The Morgan fingerprint density at radius 1 is 0.167 bits per heavy atom. The lowest BCUT2D eigenvalue weighted by Crippen LogP contribution is -2.01. The van der Waals surface area contributed by atoms with Gasteiger partial charge in [-0.1, -0.05) is 237 Å². The maximum absolute atomic E-state index is 2.51. The Kier molecular flexibility index (Phi) is 8.95. The molecule has 11 aromatic carbocycles. The second kappa shape index (κ2) is 15.2. The van der Waals surface area contributed by atoms with E-state index in [-0.39, 0.29) is 0 Å². The van der Waals surface area contributed by atoms with Crippen LogP contribution < -0.4 is 0 Å². The lowest BCUT2D eigenvalue weighted by molar-refractivity contribution is 1.58. The molecule has 0 nitrogen and oxygen atoms in total. The molecule has 0 aliphatic carbocycles. The predicted molar refractivity (Wildman–Crippen MR) is 257 cm³/mol. The van der Waals surface area contributed by atoms with Crippen LogP contribution in [0.1, 0.15) is 0 Å². The molecule has 0 saturated carbocycles. The third-order valence-corrected chi connectivity index (χ3v) is 12.0. The van der Waals surface area contributed by atoms with Crippen molar-refractivity contribution in [3.8, 4) is 77.9 Å². The van der Waals surface area contributed by atoms with Crippen LogP contribution in [0.15, 0.2) is 243 Å². The fourth-order valence-corrected chi connectivity index (χ4v) is 9.59. The van der Waals surface area contributed by atoms with Gasteiger partial charge in [-0.15, -0.1) is 0 Å². The molecular formula is C60H40. The zero-order valence-electron chi connectivity index (χ0n) is 33.1. The molecule has 0 radical (unpaired) electrons. The normalized spacial score (nSPS) is 11.3. The van der Waals surface area contributed by atoms with Crippen molar-refractivity contribution < 1.29 is 0 Å². The van der Waals surface area contributed by atoms with Gasteiger partial charge >= 0.3 is 0 Å². The Morgan fingerprint density at radius 2 is 0.433 bits per heavy atom. The minimum absolute atomic E-state index is 1.18. The number of fused-ring (bicyclic) bond motifs is 3. The third kappa shape index (κ3) is 5.93. The van der Waals surface area contributed by atoms with Gasteiger partial charge in [0, 0.05) is 0 Å². The monoisotopic (exact) mass is 760 g/mol. The predicted octanol–water partition coefficient (Wildman–Crippen LogP) is 16.8. The summed E-state index contributed by atoms with van der Waals surface area (Å²) in [6.07, 6.45) is 0. The van der Waals surface area contributed by atoms with Crippen molar-refractivity contribution in [3.05, 3.63) is 243 Å². The van der Waals surface area contributed by atoms with E-state index in [9.17, 15) is 0 Å². The molecule has 11 aromatic rings. The standard InChI is InChI=1S/C60H40/c1-8-24-41(25-9-1)50-40-51-55(45-32-16-5-17-33-45)59-52(42-26-10-2-11-27-42)48-38-22-23-39-49(48)53(43-28-12-3-13-29-43)60(59)57(47-36-20-7-21-37-47)58(51)56(46-34-18-6-19-35-46)54(50)44-30-14-4-15-31-44/h1-40H. The van der Waals surface area contributed by atoms with Crippen molar-refractivity contribution in [1.82, 2.24) is 0 Å². The third-order valence-electron chi connectivity index (χ3n) is 12.0. The highest BCUT2D eigenvalue weighted by Gasteiger charge is 2.29. The lowest BCUT2D eigenvalue weighted by atomic mass is 9.74. The van der Waals surface area contributed by atoms with Gasteiger partial charge in [0.15, 0.2) is 0 Å². The van der Waals surface area contributed by atoms with Crippen molar-refractivity contribution in [3.63, 3.8) is 0 Å². The average Bonchev–Trinajstić information content (AvgIpc) is 3.34. The van der Waals surface area contributed by atoms with Crippen LogP contribution in [0.4, 0.5) is 0 Å². The molecule has 0 heterocycles. The van der Waals surface area contributed by atoms with E-state index in [1.165, 1.54) is 110 Å². The van der Waals surface area contributed by atoms with Crippen LogP contribution in [0, 0.1) is 0 Å². The van der Waals surface area contributed by atoms with Crippen molar-refractivity contribution in [2.24, 2.45) is 0 Å². The first-order valence-corrected chi connectivity index (χ1v) is 20.8. The van der Waals surface area contributed by atoms with Gasteiger partial charge in [0.05, 0.1) is 0 Å². The summed E-state index contributed by atoms with van der Waals surface area (Å²) < 4.78 is 0. The van der Waals surface area contributed by atoms with E-state index in [0.29, 0.717) is 0 Å². The topological polar surface area (TPSA) is 0 Å². The molecular weight excluding hydrogens is 721 g/mol. The highest BCUT2D eigenvalue weighted by Crippen LogP contribution is 2.57. The van der Waals surface area contributed by atoms with Crippen molar-refractivity contribution in [1.29, 1.82) is 0 Å². The molecule has 0 unspecified atom stereocenters. The smallest absolute Gasteiger partial charge is 0.000116 e. The summed E-state index contributed by atoms with van der Waals surface area (Å²) in [5, 5.41) is 7.43. The number of hydrogen-bond donors (Lipinski definition) is 0. The number of benzene rings is 11. The molecule has 0 N–H and O–H groups in total. The summed E-state index contributed by atoms with van der Waals surface area (Å²) in [6.45, 7) is 0. The molecule has 60 heavy (non-hydrogen) atoms. The highest BCUT2D eigenvalue weighted by molar-refractivity contribution is 6.36. The number of rotatable bonds is 7. The minimum Gasteiger partial charge on any atom is -0.0622 e. The van der Waals surface area contributed by atoms with Gasteiger partial charge in [-0.05, 0) is 116 Å². The van der Waals surface area contributed by atoms with Crippen LogP contribution in [-0.2, 0) is 0 Å². The van der Waals surface area contributed by atoms with Gasteiger partial charge in [0.1, 0.15) is 0 Å². The fourth-order valence-electron chi connectivity index (χ4n) is 9.59. The quantitative estimate of drug-likeness (QED) is 0.142. The Hall–Kier alpha value is -7.80. The Morgan fingerprint density at radius 3 is 0.817 bits per heavy atom. The molecule has 0 aromatic heterocycles. The largest absolute Gasteiger partial charge is 0.0622 e. The zero-order chi connectivity index (χ0) is 39.8. The van der Waals surface area contributed by atoms with Gasteiger partial charge in [-0.2, -0.15) is 0 Å². The fraction of sp³-hybridized carbons (Fsp3) is 0. The highest BCUT2D eigenvalue weighted by atomic mass is 14.3. The minimum atomic E-state index is 1.18. The van der Waals surface area contributed by atoms with Gasteiger partial charge < -0.3 is 0 Å². The van der Waals surface area contributed by atoms with Gasteiger partial charge in [-0.3, -0.25) is 0 Å². The van der Waals surface area contributed by atoms with Crippen LogP contribution in [0.25, 0.3) is 110 Å². The first kappa shape index (κ1) is 35.4. The van der Waals surface area contributed by atoms with Crippen LogP contribution in [-0.4, -0.2) is 0 Å². The first-order chi connectivity index (χ1) is 29.8. The van der Waals surface area contributed by atoms with Crippen LogP contribution >= 0.6 is 0 Å². The molecule has 0 bridgehead atoms. The maximum Gasteiger partial charge on any atom is -0.000116 e. The molecule has 0 spiro atoms. The van der Waals surface area contributed by atoms with Crippen LogP contribution in [0.2, 0.25) is 0 Å². The molecule has 0 heteroatoms. The second-order valence-corrected chi connectivity index (χ2v) is 15.5. The maximum atomic E-state index is 2.51. The van der Waals surface area contributed by atoms with E-state index in [1.807, 2.05) is 0 Å². The number of hydrogen-bond acceptors (Lipinski definition) is 0. The summed E-state index contributed by atoms with van der Waals surface area (Å²) >= 11 is 0. The molecule has 280 valence electrons. The first-order valence-electron chi connectivity index (χ1n) is 20.8. The summed E-state index contributed by atoms with van der Waals surface area (Å²) in [6, 6.07) is 89.0. The lowest BCUT2D eigenvalue weighted by Gasteiger charge is -2.28. The zero-order valence-corrected chi connectivity index (χ0v) is 33.1. The Labute approximate surface area is 351 Å². The van der Waals surface area contributed by atoms with Crippen molar-refractivity contribution in [2.75, 3.05) is 0 Å². The molecule has 0 saturated heterocycles. The average molecular weight is 761 g/mol. The van der Waals surface area contributed by atoms with Crippen molar-refractivity contribution in [2.45, 2.75) is 0 Å². The van der Waals surface area contributed by atoms with Crippen LogP contribution in [0.3, 0.4) is 0 Å². The summed E-state index contributed by atoms with van der Waals surface area (Å²) in [5.41, 5.74) is 16.9. The summed E-state index contributed by atoms with van der Waals surface area (Å²) in [7, 11) is 0. The SMILES string of the molecule is c1ccc(-c2cc3c(-c4ccccc4)c4c(-c5ccccc5)c5ccccc5c(-c5ccccc5)c4c(-c4ccccc4)c3c(-c3ccccc3)c2-c2ccccc2)cc1. The van der Waals surface area contributed by atoms with Gasteiger partial charge in [0.2, 0.25) is 0 Å². The molecule has 0 fully saturated rings. The second-order valence-electron chi connectivity index (χ2n) is 15.5. The summed E-state index contributed by atoms with van der Waals surface area (Å²) in [5.74, 6) is 0. The van der Waals surface area contributed by atoms with E-state index in [2.05, 4.69) is 243 Å². The summed E-state index contributed by atoms with van der Waals surface area (Å²) in [4.78, 5) is 0. The Balaban J connectivity index is 1.55. The van der Waals surface area contributed by atoms with E-state index in [4.69, 9.17) is 0 Å².